The van der Waals surface area contributed by atoms with E-state index in [1.807, 2.05) is 23.9 Å². The predicted molar refractivity (Wildman–Crippen MR) is 58.3 cm³/mol. The minimum absolute atomic E-state index is 0.582. The number of imidazole rings is 1. The number of aromatic nitrogens is 4. The summed E-state index contributed by atoms with van der Waals surface area (Å²) >= 11 is 0. The molecular formula is C10H15N5. The van der Waals surface area contributed by atoms with E-state index in [-0.39, 0.29) is 0 Å². The van der Waals surface area contributed by atoms with Crippen LogP contribution in [0.5, 0.6) is 0 Å². The molecule has 0 radical (unpaired) electrons. The summed E-state index contributed by atoms with van der Waals surface area (Å²) < 4.78 is 1.95. The third kappa shape index (κ3) is 2.18. The average molecular weight is 205 g/mol. The Hall–Kier alpha value is -1.78. The maximum atomic E-state index is 5.66. The normalized spacial score (nSPS) is 10.7. The van der Waals surface area contributed by atoms with E-state index in [1.165, 1.54) is 5.56 Å². The monoisotopic (exact) mass is 205 g/mol. The number of nitrogens with one attached hydrogen (secondary N) is 1. The molecule has 2 aromatic heterocycles. The molecule has 0 unspecified atom stereocenters. The summed E-state index contributed by atoms with van der Waals surface area (Å²) in [6.07, 6.45) is 7.56. The van der Waals surface area contributed by atoms with Gasteiger partial charge in [-0.1, -0.05) is 0 Å². The van der Waals surface area contributed by atoms with E-state index < -0.39 is 0 Å². The highest BCUT2D eigenvalue weighted by Gasteiger charge is 2.01. The van der Waals surface area contributed by atoms with Gasteiger partial charge < -0.3 is 10.3 Å². The van der Waals surface area contributed by atoms with Gasteiger partial charge in [-0.2, -0.15) is 5.10 Å². The van der Waals surface area contributed by atoms with Crippen LogP contribution in [0.3, 0.4) is 0 Å². The van der Waals surface area contributed by atoms with Crippen molar-refractivity contribution in [3.8, 4) is 0 Å². The molecule has 0 aliphatic rings. The van der Waals surface area contributed by atoms with Crippen LogP contribution in [0.2, 0.25) is 0 Å². The largest absolute Gasteiger partial charge is 0.369 e. The summed E-state index contributed by atoms with van der Waals surface area (Å²) in [6.45, 7) is 2.93. The fraction of sp³-hybridized carbons (Fsp3) is 0.400. The van der Waals surface area contributed by atoms with E-state index in [0.717, 1.165) is 25.1 Å². The van der Waals surface area contributed by atoms with E-state index in [4.69, 9.17) is 5.73 Å². The van der Waals surface area contributed by atoms with Crippen molar-refractivity contribution in [1.29, 1.82) is 0 Å². The Balaban J connectivity index is 1.86. The molecule has 2 heterocycles. The molecule has 2 rings (SSSR count). The molecule has 15 heavy (non-hydrogen) atoms. The van der Waals surface area contributed by atoms with Crippen LogP contribution < -0.4 is 5.73 Å². The number of anilines is 1. The zero-order valence-corrected chi connectivity index (χ0v) is 8.77. The first-order valence-corrected chi connectivity index (χ1v) is 5.03. The lowest BCUT2D eigenvalue weighted by atomic mass is 10.1. The van der Waals surface area contributed by atoms with Gasteiger partial charge >= 0.3 is 0 Å². The first kappa shape index (κ1) is 9.76. The highest BCUT2D eigenvalue weighted by atomic mass is 15.1. The quantitative estimate of drug-likeness (QED) is 0.785. The molecule has 2 aromatic rings. The highest BCUT2D eigenvalue weighted by molar-refractivity contribution is 5.17. The number of hydrogen-bond acceptors (Lipinski definition) is 3. The number of nitrogen functional groups attached to an aromatic ring is 1. The fourth-order valence-corrected chi connectivity index (χ4v) is 1.60. The van der Waals surface area contributed by atoms with Crippen molar-refractivity contribution in [2.75, 3.05) is 5.73 Å². The van der Waals surface area contributed by atoms with Gasteiger partial charge in [0.05, 0.1) is 6.20 Å². The molecule has 5 nitrogen and oxygen atoms in total. The lowest BCUT2D eigenvalue weighted by Crippen LogP contribution is -2.03. The van der Waals surface area contributed by atoms with Gasteiger partial charge in [-0.05, 0) is 25.3 Å². The number of aromatic amines is 1. The smallest absolute Gasteiger partial charge is 0.200 e. The number of hydrogen-bond donors (Lipinski definition) is 2. The number of nitrogens with two attached hydrogens (primary N) is 1. The maximum Gasteiger partial charge on any atom is 0.200 e. The number of H-pyrrole nitrogens is 1. The summed E-state index contributed by atoms with van der Waals surface area (Å²) in [5, 5.41) is 6.92. The van der Waals surface area contributed by atoms with Gasteiger partial charge in [0.15, 0.2) is 5.95 Å². The van der Waals surface area contributed by atoms with Gasteiger partial charge in [0, 0.05) is 24.6 Å². The Kier molecular flexibility index (Phi) is 2.71. The van der Waals surface area contributed by atoms with Crippen molar-refractivity contribution in [3.63, 3.8) is 0 Å². The van der Waals surface area contributed by atoms with E-state index in [9.17, 15) is 0 Å². The molecule has 0 aromatic carbocycles. The van der Waals surface area contributed by atoms with Crippen LogP contribution >= 0.6 is 0 Å². The molecule has 0 atom stereocenters. The van der Waals surface area contributed by atoms with E-state index in [1.54, 1.807) is 6.20 Å². The fourth-order valence-electron chi connectivity index (χ4n) is 1.60. The Labute approximate surface area is 88.3 Å². The van der Waals surface area contributed by atoms with Crippen LogP contribution in [-0.2, 0) is 13.0 Å². The SMILES string of the molecule is Cc1[nH]ncc1CCCn1ccnc1N. The number of rotatable bonds is 4. The van der Waals surface area contributed by atoms with Crippen molar-refractivity contribution >= 4 is 5.95 Å². The van der Waals surface area contributed by atoms with Gasteiger partial charge in [0.2, 0.25) is 0 Å². The standard InChI is InChI=1S/C10H15N5/c1-8-9(7-13-14-8)3-2-5-15-6-4-12-10(15)11/h4,6-7H,2-3,5H2,1H3,(H2,11,12)(H,13,14). The molecule has 0 bridgehead atoms. The van der Waals surface area contributed by atoms with Gasteiger partial charge in [-0.3, -0.25) is 5.10 Å². The maximum absolute atomic E-state index is 5.66. The Morgan fingerprint density at radius 3 is 3.00 bits per heavy atom. The molecule has 3 N–H and O–H groups in total. The zero-order valence-electron chi connectivity index (χ0n) is 8.77. The first-order chi connectivity index (χ1) is 7.27. The van der Waals surface area contributed by atoms with E-state index in [0.29, 0.717) is 5.95 Å². The molecule has 5 heteroatoms. The summed E-state index contributed by atoms with van der Waals surface area (Å²) in [7, 11) is 0. The van der Waals surface area contributed by atoms with Crippen LogP contribution in [0, 0.1) is 6.92 Å². The second kappa shape index (κ2) is 4.16. The van der Waals surface area contributed by atoms with E-state index >= 15 is 0 Å². The lowest BCUT2D eigenvalue weighted by Gasteiger charge is -2.03. The summed E-state index contributed by atoms with van der Waals surface area (Å²) in [4.78, 5) is 3.97. The topological polar surface area (TPSA) is 72.5 Å². The van der Waals surface area contributed by atoms with Gasteiger partial charge in [0.1, 0.15) is 0 Å². The average Bonchev–Trinajstić information content (AvgIpc) is 2.78. The van der Waals surface area contributed by atoms with Crippen LogP contribution in [0.4, 0.5) is 5.95 Å². The second-order valence-corrected chi connectivity index (χ2v) is 3.60. The van der Waals surface area contributed by atoms with Crippen molar-refractivity contribution in [2.24, 2.45) is 0 Å². The molecule has 0 saturated heterocycles. The van der Waals surface area contributed by atoms with Crippen molar-refractivity contribution in [3.05, 3.63) is 29.8 Å². The van der Waals surface area contributed by atoms with Crippen LogP contribution in [0.15, 0.2) is 18.6 Å². The van der Waals surface area contributed by atoms with E-state index in [2.05, 4.69) is 15.2 Å². The third-order valence-electron chi connectivity index (χ3n) is 2.53. The highest BCUT2D eigenvalue weighted by Crippen LogP contribution is 2.08. The molecule has 0 spiro atoms. The molecule has 0 amide bonds. The minimum atomic E-state index is 0.582. The first-order valence-electron chi connectivity index (χ1n) is 5.03. The Bertz CT molecular complexity index is 388. The van der Waals surface area contributed by atoms with Crippen molar-refractivity contribution in [1.82, 2.24) is 19.7 Å². The van der Waals surface area contributed by atoms with Crippen LogP contribution in [0.25, 0.3) is 0 Å². The lowest BCUT2D eigenvalue weighted by molar-refractivity contribution is 0.649. The van der Waals surface area contributed by atoms with Gasteiger partial charge in [-0.25, -0.2) is 4.98 Å². The summed E-state index contributed by atoms with van der Waals surface area (Å²) in [6, 6.07) is 0. The number of nitrogens with zero attached hydrogens (tertiary/aromatic N) is 3. The molecule has 0 aliphatic carbocycles. The minimum Gasteiger partial charge on any atom is -0.369 e. The predicted octanol–water partition coefficient (Wildman–Crippen LogP) is 1.13. The van der Waals surface area contributed by atoms with Crippen molar-refractivity contribution in [2.45, 2.75) is 26.3 Å². The molecule has 0 saturated carbocycles. The van der Waals surface area contributed by atoms with Gasteiger partial charge in [0.25, 0.3) is 0 Å². The third-order valence-corrected chi connectivity index (χ3v) is 2.53. The summed E-state index contributed by atoms with van der Waals surface area (Å²) in [5.41, 5.74) is 8.08. The molecule has 0 fully saturated rings. The molecule has 80 valence electrons. The van der Waals surface area contributed by atoms with Crippen LogP contribution in [0.1, 0.15) is 17.7 Å². The number of aryl methyl sites for hydroxylation is 3. The Morgan fingerprint density at radius 2 is 2.40 bits per heavy atom. The van der Waals surface area contributed by atoms with Crippen LogP contribution in [-0.4, -0.2) is 19.7 Å². The Morgan fingerprint density at radius 1 is 1.53 bits per heavy atom. The van der Waals surface area contributed by atoms with Gasteiger partial charge in [-0.15, -0.1) is 0 Å². The van der Waals surface area contributed by atoms with Crippen molar-refractivity contribution < 1.29 is 0 Å². The molecule has 0 aliphatic heterocycles. The second-order valence-electron chi connectivity index (χ2n) is 3.60. The zero-order chi connectivity index (χ0) is 10.7. The summed E-state index contributed by atoms with van der Waals surface area (Å²) in [5.74, 6) is 0.582. The molecular weight excluding hydrogens is 190 g/mol.